The molecule has 0 aliphatic heterocycles. The van der Waals surface area contributed by atoms with Crippen molar-refractivity contribution in [3.05, 3.63) is 175 Å². The van der Waals surface area contributed by atoms with E-state index in [1.54, 1.807) is 12.5 Å². The minimum Gasteiger partial charge on any atom is -0.503 e. The third-order valence-electron chi connectivity index (χ3n) is 9.82. The number of pyridine rings is 1. The number of fused-ring (bicyclic) bond motifs is 3. The Kier molecular flexibility index (Phi) is 9.68. The number of benzene rings is 6. The number of hydrogen-bond acceptors (Lipinski definition) is 5. The Bertz CT molecular complexity index is 2830. The summed E-state index contributed by atoms with van der Waals surface area (Å²) in [6.45, 7) is 6.73. The van der Waals surface area contributed by atoms with Crippen molar-refractivity contribution in [2.45, 2.75) is 26.2 Å². The van der Waals surface area contributed by atoms with Gasteiger partial charge in [-0.25, -0.2) is 4.98 Å². The van der Waals surface area contributed by atoms with Crippen molar-refractivity contribution in [3.8, 4) is 62.7 Å². The maximum atomic E-state index is 9.64. The number of nitriles is 1. The van der Waals surface area contributed by atoms with Crippen LogP contribution < -0.4 is 4.74 Å². The molecule has 0 aliphatic rings. The zero-order valence-corrected chi connectivity index (χ0v) is 33.1. The topological polar surface area (TPSA) is 81.5 Å². The Morgan fingerprint density at radius 2 is 1.39 bits per heavy atom. The molecule has 9 rings (SSSR count). The first kappa shape index (κ1) is 36.4. The van der Waals surface area contributed by atoms with Crippen molar-refractivity contribution in [1.82, 2.24) is 24.3 Å². The van der Waals surface area contributed by atoms with Gasteiger partial charge in [0, 0.05) is 34.3 Å². The van der Waals surface area contributed by atoms with E-state index in [1.165, 1.54) is 5.56 Å². The van der Waals surface area contributed by atoms with E-state index < -0.39 is 0 Å². The molecule has 0 bridgehead atoms. The smallest absolute Gasteiger partial charge is 0.503 e. The predicted molar refractivity (Wildman–Crippen MR) is 217 cm³/mol. The summed E-state index contributed by atoms with van der Waals surface area (Å²) in [5.41, 5.74) is 9.49. The van der Waals surface area contributed by atoms with E-state index >= 15 is 0 Å². The van der Waals surface area contributed by atoms with Crippen LogP contribution in [0.1, 0.15) is 31.9 Å². The van der Waals surface area contributed by atoms with Crippen LogP contribution in [0, 0.1) is 23.5 Å². The molecule has 8 heteroatoms. The van der Waals surface area contributed by atoms with Crippen molar-refractivity contribution in [1.29, 1.82) is 5.26 Å². The molecule has 0 spiro atoms. The van der Waals surface area contributed by atoms with Crippen molar-refractivity contribution in [2.75, 3.05) is 0 Å². The van der Waals surface area contributed by atoms with Crippen LogP contribution in [0.15, 0.2) is 152 Å². The van der Waals surface area contributed by atoms with Crippen LogP contribution in [0.3, 0.4) is 0 Å². The zero-order valence-electron chi connectivity index (χ0n) is 30.8. The second-order valence-electron chi connectivity index (χ2n) is 14.4. The quantitative estimate of drug-likeness (QED) is 0.149. The molecule has 0 N–H and O–H groups in total. The van der Waals surface area contributed by atoms with Crippen LogP contribution in [-0.4, -0.2) is 24.3 Å². The number of hydrogen-bond donors (Lipinski definition) is 0. The van der Waals surface area contributed by atoms with Gasteiger partial charge in [0.1, 0.15) is 12.1 Å². The number of nitrogens with zero attached hydrogens (tertiary/aromatic N) is 6. The van der Waals surface area contributed by atoms with Gasteiger partial charge >= 0.3 is 21.1 Å². The summed E-state index contributed by atoms with van der Waals surface area (Å²) >= 11 is 0. The van der Waals surface area contributed by atoms with Gasteiger partial charge in [-0.2, -0.15) is 16.4 Å². The van der Waals surface area contributed by atoms with Crippen LogP contribution >= 0.6 is 0 Å². The third kappa shape index (κ3) is 6.70. The molecule has 0 atom stereocenters. The molecular weight excluding hydrogens is 872 g/mol. The normalized spacial score (nSPS) is 11.3. The van der Waals surface area contributed by atoms with Gasteiger partial charge in [-0.15, -0.1) is 46.4 Å². The van der Waals surface area contributed by atoms with Gasteiger partial charge in [0.15, 0.2) is 0 Å². The Morgan fingerprint density at radius 3 is 2.05 bits per heavy atom. The summed E-state index contributed by atoms with van der Waals surface area (Å²) < 4.78 is 10.6. The SMILES string of the molecule is CC(C)(C)c1cc(-c2ccccc2)c(-n2cnnc2-c2[c-]c(Oc3[c-]c4c(cc3)c3cc(C#N)ccc3n4-c3ccccn3)ccc2)c(-c2ccccc2)c1.[Pt+2]. The number of rotatable bonds is 7. The molecule has 0 saturated carbocycles. The van der Waals surface area contributed by atoms with Crippen molar-refractivity contribution in [3.63, 3.8) is 0 Å². The van der Waals surface area contributed by atoms with Crippen molar-refractivity contribution < 1.29 is 25.8 Å². The first-order chi connectivity index (χ1) is 26.9. The van der Waals surface area contributed by atoms with Crippen LogP contribution in [0.5, 0.6) is 11.5 Å². The Balaban J connectivity index is 0.00000441. The largest absolute Gasteiger partial charge is 2.00 e. The summed E-state index contributed by atoms with van der Waals surface area (Å²) in [5, 5.41) is 20.6. The summed E-state index contributed by atoms with van der Waals surface area (Å²) in [7, 11) is 0. The molecular formula is C48H34N6OPt. The predicted octanol–water partition coefficient (Wildman–Crippen LogP) is 11.3. The zero-order chi connectivity index (χ0) is 37.5. The van der Waals surface area contributed by atoms with Crippen molar-refractivity contribution >= 4 is 21.8 Å². The second-order valence-corrected chi connectivity index (χ2v) is 14.4. The van der Waals surface area contributed by atoms with E-state index in [2.05, 4.69) is 119 Å². The summed E-state index contributed by atoms with van der Waals surface area (Å²) in [6, 6.07) is 55.9. The van der Waals surface area contributed by atoms with Gasteiger partial charge in [-0.1, -0.05) is 99.1 Å². The fraction of sp³-hybridized carbons (Fsp3) is 0.0833. The fourth-order valence-electron chi connectivity index (χ4n) is 7.12. The second kappa shape index (κ2) is 14.9. The molecule has 0 unspecified atom stereocenters. The first-order valence-corrected chi connectivity index (χ1v) is 18.1. The molecule has 0 fully saturated rings. The molecule has 3 aromatic heterocycles. The molecule has 0 saturated heterocycles. The molecule has 7 nitrogen and oxygen atoms in total. The Labute approximate surface area is 339 Å². The first-order valence-electron chi connectivity index (χ1n) is 18.1. The van der Waals surface area contributed by atoms with E-state index in [1.807, 2.05) is 83.4 Å². The van der Waals surface area contributed by atoms with Gasteiger partial charge in [0.2, 0.25) is 0 Å². The summed E-state index contributed by atoms with van der Waals surface area (Å²) in [4.78, 5) is 4.63. The third-order valence-corrected chi connectivity index (χ3v) is 9.82. The van der Waals surface area contributed by atoms with E-state index in [0.717, 1.165) is 61.1 Å². The van der Waals surface area contributed by atoms with Gasteiger partial charge in [0.05, 0.1) is 23.1 Å². The van der Waals surface area contributed by atoms with E-state index in [4.69, 9.17) is 4.74 Å². The molecule has 56 heavy (non-hydrogen) atoms. The van der Waals surface area contributed by atoms with Crippen molar-refractivity contribution in [2.24, 2.45) is 0 Å². The van der Waals surface area contributed by atoms with Gasteiger partial charge in [0.25, 0.3) is 0 Å². The maximum absolute atomic E-state index is 9.64. The van der Waals surface area contributed by atoms with E-state index in [-0.39, 0.29) is 26.5 Å². The van der Waals surface area contributed by atoms with Crippen LogP contribution in [0.25, 0.3) is 67.0 Å². The minimum absolute atomic E-state index is 0. The average molecular weight is 906 g/mol. The molecule has 0 aliphatic carbocycles. The van der Waals surface area contributed by atoms with Gasteiger partial charge in [-0.05, 0) is 70.0 Å². The molecule has 0 radical (unpaired) electrons. The van der Waals surface area contributed by atoms with Gasteiger partial charge < -0.3 is 13.9 Å². The standard InChI is InChI=1S/C48H34N6O.Pt/c1-48(2,3)36-27-40(33-13-6-4-7-14-33)46(41(28-36)34-15-8-5-9-16-34)53-31-51-52-47(53)35-17-12-18-37(26-35)55-38-21-22-39-42-25-32(30-49)20-23-43(42)54(44(39)29-38)45-19-10-11-24-50-45;/h4-25,27-28,31H,1-3H3;/q-2;+2. The number of ether oxygens (including phenoxy) is 1. The average Bonchev–Trinajstić information content (AvgIpc) is 3.84. The number of aromatic nitrogens is 5. The molecule has 6 aromatic carbocycles. The monoisotopic (exact) mass is 905 g/mol. The Morgan fingerprint density at radius 1 is 0.696 bits per heavy atom. The summed E-state index contributed by atoms with van der Waals surface area (Å²) in [6.07, 6.45) is 3.54. The van der Waals surface area contributed by atoms with E-state index in [0.29, 0.717) is 22.9 Å². The minimum atomic E-state index is -0.0906. The van der Waals surface area contributed by atoms with Crippen LogP contribution in [0.4, 0.5) is 0 Å². The van der Waals surface area contributed by atoms with E-state index in [9.17, 15) is 5.26 Å². The Hall–Kier alpha value is -6.61. The molecule has 9 aromatic rings. The maximum Gasteiger partial charge on any atom is 2.00 e. The van der Waals surface area contributed by atoms with Crippen LogP contribution in [-0.2, 0) is 26.5 Å². The van der Waals surface area contributed by atoms with Gasteiger partial charge in [-0.3, -0.25) is 0 Å². The molecule has 0 amide bonds. The molecule has 3 heterocycles. The summed E-state index contributed by atoms with van der Waals surface area (Å²) in [5.74, 6) is 2.39. The fourth-order valence-corrected chi connectivity index (χ4v) is 7.12. The molecule has 272 valence electrons. The van der Waals surface area contributed by atoms with Crippen LogP contribution in [0.2, 0.25) is 0 Å².